The second kappa shape index (κ2) is 5.73. The Kier molecular flexibility index (Phi) is 3.80. The third-order valence-corrected chi connectivity index (χ3v) is 3.69. The first-order valence-corrected chi connectivity index (χ1v) is 6.96. The topological polar surface area (TPSA) is 51.4 Å². The standard InChI is InChI=1S/C15H19N3O2/c1-11-3-5-13(6-4-11)15-17-16-14(20-15)12(2)18-7-9-19-10-8-18/h3-6,12H,7-10H2,1-2H3. The first kappa shape index (κ1) is 13.3. The lowest BCUT2D eigenvalue weighted by molar-refractivity contribution is 0.0147. The van der Waals surface area contributed by atoms with Crippen molar-refractivity contribution in [3.63, 3.8) is 0 Å². The van der Waals surface area contributed by atoms with E-state index < -0.39 is 0 Å². The molecule has 20 heavy (non-hydrogen) atoms. The molecule has 0 aliphatic carbocycles. The Bertz CT molecular complexity index is 559. The van der Waals surface area contributed by atoms with Crippen LogP contribution in [0.5, 0.6) is 0 Å². The van der Waals surface area contributed by atoms with E-state index in [1.807, 2.05) is 24.3 Å². The molecule has 0 bridgehead atoms. The number of benzene rings is 1. The van der Waals surface area contributed by atoms with Crippen LogP contribution in [0, 0.1) is 6.92 Å². The molecule has 0 spiro atoms. The molecule has 1 fully saturated rings. The summed E-state index contributed by atoms with van der Waals surface area (Å²) in [5.74, 6) is 1.25. The summed E-state index contributed by atoms with van der Waals surface area (Å²) in [5.41, 5.74) is 2.18. The van der Waals surface area contributed by atoms with Gasteiger partial charge in [-0.2, -0.15) is 0 Å². The number of aryl methyl sites for hydroxylation is 1. The van der Waals surface area contributed by atoms with Gasteiger partial charge in [-0.25, -0.2) is 0 Å². The van der Waals surface area contributed by atoms with Crippen molar-refractivity contribution in [1.82, 2.24) is 15.1 Å². The first-order chi connectivity index (χ1) is 9.74. The van der Waals surface area contributed by atoms with Gasteiger partial charge >= 0.3 is 0 Å². The number of aromatic nitrogens is 2. The van der Waals surface area contributed by atoms with Crippen LogP contribution in [0.25, 0.3) is 11.5 Å². The van der Waals surface area contributed by atoms with Crippen molar-refractivity contribution in [3.8, 4) is 11.5 Å². The van der Waals surface area contributed by atoms with Gasteiger partial charge in [0, 0.05) is 18.7 Å². The summed E-state index contributed by atoms with van der Waals surface area (Å²) in [6.07, 6.45) is 0. The average molecular weight is 273 g/mol. The number of ether oxygens (including phenoxy) is 1. The van der Waals surface area contributed by atoms with E-state index in [2.05, 4.69) is 28.9 Å². The van der Waals surface area contributed by atoms with Gasteiger partial charge in [-0.3, -0.25) is 4.90 Å². The van der Waals surface area contributed by atoms with Gasteiger partial charge in [-0.05, 0) is 26.0 Å². The minimum atomic E-state index is 0.130. The van der Waals surface area contributed by atoms with E-state index >= 15 is 0 Å². The van der Waals surface area contributed by atoms with E-state index in [9.17, 15) is 0 Å². The van der Waals surface area contributed by atoms with Crippen LogP contribution < -0.4 is 0 Å². The van der Waals surface area contributed by atoms with Gasteiger partial charge in [0.15, 0.2) is 0 Å². The maximum absolute atomic E-state index is 5.82. The van der Waals surface area contributed by atoms with E-state index in [0.717, 1.165) is 31.9 Å². The van der Waals surface area contributed by atoms with Gasteiger partial charge in [0.1, 0.15) is 0 Å². The molecule has 0 amide bonds. The molecule has 1 aromatic heterocycles. The highest BCUT2D eigenvalue weighted by molar-refractivity contribution is 5.52. The number of rotatable bonds is 3. The Morgan fingerprint density at radius 1 is 1.10 bits per heavy atom. The Morgan fingerprint density at radius 2 is 1.80 bits per heavy atom. The zero-order chi connectivity index (χ0) is 13.9. The second-order valence-corrected chi connectivity index (χ2v) is 5.14. The molecule has 1 aromatic carbocycles. The summed E-state index contributed by atoms with van der Waals surface area (Å²) in [7, 11) is 0. The summed E-state index contributed by atoms with van der Waals surface area (Å²) in [6, 6.07) is 8.23. The Labute approximate surface area is 118 Å². The van der Waals surface area contributed by atoms with Crippen molar-refractivity contribution in [2.75, 3.05) is 26.3 Å². The maximum Gasteiger partial charge on any atom is 0.247 e. The molecule has 5 heteroatoms. The predicted molar refractivity (Wildman–Crippen MR) is 75.3 cm³/mol. The lowest BCUT2D eigenvalue weighted by Crippen LogP contribution is -2.38. The smallest absolute Gasteiger partial charge is 0.247 e. The molecule has 5 nitrogen and oxygen atoms in total. The second-order valence-electron chi connectivity index (χ2n) is 5.14. The lowest BCUT2D eigenvalue weighted by atomic mass is 10.1. The third-order valence-electron chi connectivity index (χ3n) is 3.69. The third kappa shape index (κ3) is 2.73. The fraction of sp³-hybridized carbons (Fsp3) is 0.467. The van der Waals surface area contributed by atoms with Crippen LogP contribution in [0.1, 0.15) is 24.4 Å². The summed E-state index contributed by atoms with van der Waals surface area (Å²) in [6.45, 7) is 7.50. The minimum Gasteiger partial charge on any atom is -0.419 e. The van der Waals surface area contributed by atoms with Gasteiger partial charge in [0.25, 0.3) is 0 Å². The molecule has 3 rings (SSSR count). The number of hydrogen-bond acceptors (Lipinski definition) is 5. The van der Waals surface area contributed by atoms with Crippen molar-refractivity contribution in [2.45, 2.75) is 19.9 Å². The highest BCUT2D eigenvalue weighted by Crippen LogP contribution is 2.24. The minimum absolute atomic E-state index is 0.130. The van der Waals surface area contributed by atoms with Crippen LogP contribution in [0.2, 0.25) is 0 Å². The Hall–Kier alpha value is -1.72. The van der Waals surface area contributed by atoms with Gasteiger partial charge in [0.05, 0.1) is 19.3 Å². The molecule has 0 saturated carbocycles. The fourth-order valence-corrected chi connectivity index (χ4v) is 2.34. The zero-order valence-electron chi connectivity index (χ0n) is 11.9. The lowest BCUT2D eigenvalue weighted by Gasteiger charge is -2.30. The largest absolute Gasteiger partial charge is 0.419 e. The molecule has 2 heterocycles. The molecular weight excluding hydrogens is 254 g/mol. The SMILES string of the molecule is Cc1ccc(-c2nnc(C(C)N3CCOCC3)o2)cc1. The van der Waals surface area contributed by atoms with Gasteiger partial charge in [-0.1, -0.05) is 17.7 Å². The summed E-state index contributed by atoms with van der Waals surface area (Å²) >= 11 is 0. The van der Waals surface area contributed by atoms with E-state index in [-0.39, 0.29) is 6.04 Å². The fourth-order valence-electron chi connectivity index (χ4n) is 2.34. The molecule has 1 unspecified atom stereocenters. The molecule has 1 aliphatic heterocycles. The molecule has 0 radical (unpaired) electrons. The molecule has 0 N–H and O–H groups in total. The van der Waals surface area contributed by atoms with Crippen molar-refractivity contribution in [1.29, 1.82) is 0 Å². The van der Waals surface area contributed by atoms with E-state index in [0.29, 0.717) is 11.8 Å². The van der Waals surface area contributed by atoms with E-state index in [4.69, 9.17) is 9.15 Å². The maximum atomic E-state index is 5.82. The number of morpholine rings is 1. The quantitative estimate of drug-likeness (QED) is 0.859. The average Bonchev–Trinajstić information content (AvgIpc) is 2.98. The molecule has 2 aromatic rings. The van der Waals surface area contributed by atoms with Crippen LogP contribution in [0.15, 0.2) is 28.7 Å². The van der Waals surface area contributed by atoms with Crippen molar-refractivity contribution in [3.05, 3.63) is 35.7 Å². The highest BCUT2D eigenvalue weighted by Gasteiger charge is 2.23. The number of hydrogen-bond donors (Lipinski definition) is 0. The van der Waals surface area contributed by atoms with E-state index in [1.54, 1.807) is 0 Å². The van der Waals surface area contributed by atoms with E-state index in [1.165, 1.54) is 5.56 Å². The van der Waals surface area contributed by atoms with Crippen molar-refractivity contribution in [2.24, 2.45) is 0 Å². The Morgan fingerprint density at radius 3 is 2.50 bits per heavy atom. The normalized spacial score (nSPS) is 18.1. The molecule has 1 atom stereocenters. The summed E-state index contributed by atoms with van der Waals surface area (Å²) in [5, 5.41) is 8.35. The van der Waals surface area contributed by atoms with Crippen LogP contribution in [-0.2, 0) is 4.74 Å². The molecular formula is C15H19N3O2. The number of nitrogens with zero attached hydrogens (tertiary/aromatic N) is 3. The zero-order valence-corrected chi connectivity index (χ0v) is 11.9. The highest BCUT2D eigenvalue weighted by atomic mass is 16.5. The first-order valence-electron chi connectivity index (χ1n) is 6.96. The predicted octanol–water partition coefficient (Wildman–Crippen LogP) is 2.44. The molecule has 1 saturated heterocycles. The van der Waals surface area contributed by atoms with Crippen LogP contribution in [-0.4, -0.2) is 41.4 Å². The van der Waals surface area contributed by atoms with Crippen molar-refractivity contribution >= 4 is 0 Å². The van der Waals surface area contributed by atoms with Crippen molar-refractivity contribution < 1.29 is 9.15 Å². The summed E-state index contributed by atoms with van der Waals surface area (Å²) in [4.78, 5) is 2.30. The van der Waals surface area contributed by atoms with Gasteiger partial charge in [-0.15, -0.1) is 10.2 Å². The monoisotopic (exact) mass is 273 g/mol. The Balaban J connectivity index is 1.77. The van der Waals surface area contributed by atoms with Crippen LogP contribution in [0.3, 0.4) is 0 Å². The molecule has 1 aliphatic rings. The van der Waals surface area contributed by atoms with Gasteiger partial charge in [0.2, 0.25) is 11.8 Å². The van der Waals surface area contributed by atoms with Crippen LogP contribution in [0.4, 0.5) is 0 Å². The van der Waals surface area contributed by atoms with Crippen LogP contribution >= 0.6 is 0 Å². The van der Waals surface area contributed by atoms with Gasteiger partial charge < -0.3 is 9.15 Å². The molecule has 106 valence electrons. The summed E-state index contributed by atoms with van der Waals surface area (Å²) < 4.78 is 11.2.